The van der Waals surface area contributed by atoms with Gasteiger partial charge in [-0.3, -0.25) is 4.79 Å². The number of benzene rings is 1. The number of amidine groups is 1. The van der Waals surface area contributed by atoms with Gasteiger partial charge in [-0.25, -0.2) is 4.98 Å². The van der Waals surface area contributed by atoms with Crippen molar-refractivity contribution in [1.82, 2.24) is 4.98 Å². The van der Waals surface area contributed by atoms with Gasteiger partial charge >= 0.3 is 0 Å². The van der Waals surface area contributed by atoms with Crippen LogP contribution in [0.1, 0.15) is 32.3 Å². The summed E-state index contributed by atoms with van der Waals surface area (Å²) in [5.74, 6) is -0.708. The van der Waals surface area contributed by atoms with Crippen molar-refractivity contribution in [2.24, 2.45) is 16.1 Å². The molecule has 2 aromatic rings. The van der Waals surface area contributed by atoms with E-state index in [0.29, 0.717) is 5.69 Å². The van der Waals surface area contributed by atoms with Gasteiger partial charge < -0.3 is 11.1 Å². The molecule has 1 fully saturated rings. The largest absolute Gasteiger partial charge is 0.384 e. The number of aromatic nitrogens is 1. The van der Waals surface area contributed by atoms with Crippen LogP contribution in [0.3, 0.4) is 0 Å². The number of aliphatic imine (C=N–C) groups is 1. The molecule has 1 aromatic heterocycles. The van der Waals surface area contributed by atoms with Crippen LogP contribution < -0.4 is 11.1 Å². The Morgan fingerprint density at radius 1 is 1.37 bits per heavy atom. The maximum atomic E-state index is 13.1. The van der Waals surface area contributed by atoms with E-state index in [1.807, 2.05) is 30.3 Å². The number of hydrogen-bond acceptors (Lipinski definition) is 3. The number of nitrogens with zero attached hydrogens (tertiary/aromatic N) is 2. The molecule has 0 saturated heterocycles. The first kappa shape index (κ1) is 18.8. The summed E-state index contributed by atoms with van der Waals surface area (Å²) in [7, 11) is 0. The molecule has 2 atom stereocenters. The zero-order valence-corrected chi connectivity index (χ0v) is 15.4. The number of carbonyl (C=O) groups excluding carboxylic acids is 1. The second-order valence-electron chi connectivity index (χ2n) is 7.05. The van der Waals surface area contributed by atoms with Crippen LogP contribution in [0.5, 0.6) is 0 Å². The molecule has 27 heavy (non-hydrogen) atoms. The van der Waals surface area contributed by atoms with Gasteiger partial charge in [-0.2, -0.15) is 9.38 Å². The Hall–Kier alpha value is -3.02. The molecule has 0 aliphatic heterocycles. The van der Waals surface area contributed by atoms with E-state index in [4.69, 9.17) is 5.73 Å². The number of amides is 1. The second-order valence-corrected chi connectivity index (χ2v) is 7.05. The molecular formula is C21H23FN4O. The van der Waals surface area contributed by atoms with Crippen molar-refractivity contribution in [2.75, 3.05) is 5.32 Å². The lowest BCUT2D eigenvalue weighted by atomic mass is 9.85. The van der Waals surface area contributed by atoms with Gasteiger partial charge in [-0.15, -0.1) is 0 Å². The third kappa shape index (κ3) is 3.60. The Morgan fingerprint density at radius 2 is 2.11 bits per heavy atom. The smallest absolute Gasteiger partial charge is 0.258 e. The minimum absolute atomic E-state index is 0.0997. The minimum atomic E-state index is -0.622. The molecular weight excluding hydrogens is 343 g/mol. The Kier molecular flexibility index (Phi) is 5.08. The Balaban J connectivity index is 1.76. The maximum Gasteiger partial charge on any atom is 0.258 e. The molecule has 140 valence electrons. The first-order valence-electron chi connectivity index (χ1n) is 8.90. The zero-order valence-electron chi connectivity index (χ0n) is 15.4. The van der Waals surface area contributed by atoms with E-state index < -0.39 is 11.4 Å². The number of halogens is 1. The maximum absolute atomic E-state index is 13.1. The third-order valence-corrected chi connectivity index (χ3v) is 5.43. The van der Waals surface area contributed by atoms with Gasteiger partial charge in [-0.1, -0.05) is 44.2 Å². The molecule has 6 heteroatoms. The molecule has 1 amide bonds. The molecule has 3 rings (SSSR count). The summed E-state index contributed by atoms with van der Waals surface area (Å²) in [5, 5.41) is 2.87. The number of pyridine rings is 1. The summed E-state index contributed by atoms with van der Waals surface area (Å²) in [6.45, 7) is 4.20. The number of nitrogens with two attached hydrogens (primary N) is 1. The van der Waals surface area contributed by atoms with Crippen LogP contribution in [0.15, 0.2) is 65.9 Å². The van der Waals surface area contributed by atoms with Gasteiger partial charge in [0.15, 0.2) is 0 Å². The average molecular weight is 366 g/mol. The highest BCUT2D eigenvalue weighted by atomic mass is 19.1. The Bertz CT molecular complexity index is 896. The summed E-state index contributed by atoms with van der Waals surface area (Å²) < 4.78 is 13.1. The topological polar surface area (TPSA) is 80.4 Å². The Labute approximate surface area is 158 Å². The van der Waals surface area contributed by atoms with Gasteiger partial charge in [0, 0.05) is 24.2 Å². The van der Waals surface area contributed by atoms with Crippen molar-refractivity contribution in [2.45, 2.75) is 32.1 Å². The average Bonchev–Trinajstić information content (AvgIpc) is 3.30. The summed E-state index contributed by atoms with van der Waals surface area (Å²) in [5.41, 5.74) is 6.68. The van der Waals surface area contributed by atoms with E-state index in [9.17, 15) is 9.18 Å². The fraction of sp³-hybridized carbons (Fsp3) is 0.286. The van der Waals surface area contributed by atoms with Crippen LogP contribution in [-0.4, -0.2) is 16.7 Å². The summed E-state index contributed by atoms with van der Waals surface area (Å²) in [6.07, 6.45) is 6.00. The fourth-order valence-corrected chi connectivity index (χ4v) is 3.56. The van der Waals surface area contributed by atoms with Crippen LogP contribution in [0.4, 0.5) is 10.1 Å². The van der Waals surface area contributed by atoms with Gasteiger partial charge in [0.05, 0.1) is 5.41 Å². The molecule has 0 spiro atoms. The molecule has 0 radical (unpaired) electrons. The molecule has 2 unspecified atom stereocenters. The molecule has 0 bridgehead atoms. The van der Waals surface area contributed by atoms with Gasteiger partial charge in [-0.05, 0) is 36.0 Å². The quantitative estimate of drug-likeness (QED) is 0.463. The number of rotatable bonds is 6. The van der Waals surface area contributed by atoms with Crippen molar-refractivity contribution < 1.29 is 9.18 Å². The van der Waals surface area contributed by atoms with Crippen molar-refractivity contribution in [3.8, 4) is 0 Å². The zero-order chi connectivity index (χ0) is 19.5. The fourth-order valence-electron chi connectivity index (χ4n) is 3.56. The van der Waals surface area contributed by atoms with E-state index in [2.05, 4.69) is 29.1 Å². The summed E-state index contributed by atoms with van der Waals surface area (Å²) in [6, 6.07) is 12.6. The molecule has 1 aliphatic carbocycles. The lowest BCUT2D eigenvalue weighted by Gasteiger charge is -2.19. The van der Waals surface area contributed by atoms with Crippen molar-refractivity contribution in [3.05, 3.63) is 72.4 Å². The monoisotopic (exact) mass is 366 g/mol. The molecule has 5 nitrogen and oxygen atoms in total. The number of carbonyl (C=O) groups is 1. The highest BCUT2D eigenvalue weighted by Crippen LogP contribution is 2.67. The van der Waals surface area contributed by atoms with Gasteiger partial charge in [0.2, 0.25) is 5.95 Å². The lowest BCUT2D eigenvalue weighted by Crippen LogP contribution is -2.27. The van der Waals surface area contributed by atoms with E-state index in [0.717, 1.165) is 18.4 Å². The standard InChI is InChI=1S/C21H23FN4O/c1-3-20(2)14-21(20,15-7-5-4-6-8-15)19(27)26-18(23)10-12-24-16-9-11-25-17(22)13-16/h4-13H,3,14H2,1-2H3,(H,24,25)(H2,23,26,27)/b12-10-. The SMILES string of the molecule is CCC1(C)CC1(C(=O)N=C(N)/C=C\Nc1ccnc(F)c1)c1ccccc1. The van der Waals surface area contributed by atoms with Crippen LogP contribution in [-0.2, 0) is 10.2 Å². The summed E-state index contributed by atoms with van der Waals surface area (Å²) >= 11 is 0. The van der Waals surface area contributed by atoms with E-state index in [1.165, 1.54) is 24.5 Å². The summed E-state index contributed by atoms with van der Waals surface area (Å²) in [4.78, 5) is 20.6. The number of hydrogen-bond donors (Lipinski definition) is 2. The molecule has 1 heterocycles. The van der Waals surface area contributed by atoms with Crippen LogP contribution in [0.2, 0.25) is 0 Å². The molecule has 1 saturated carbocycles. The van der Waals surface area contributed by atoms with Crippen molar-refractivity contribution in [1.29, 1.82) is 0 Å². The van der Waals surface area contributed by atoms with Crippen LogP contribution in [0, 0.1) is 11.4 Å². The predicted molar refractivity (Wildman–Crippen MR) is 105 cm³/mol. The first-order valence-corrected chi connectivity index (χ1v) is 8.90. The second kappa shape index (κ2) is 7.31. The first-order chi connectivity index (χ1) is 12.9. The highest BCUT2D eigenvalue weighted by Gasteiger charge is 2.68. The highest BCUT2D eigenvalue weighted by molar-refractivity contribution is 6.05. The predicted octanol–water partition coefficient (Wildman–Crippen LogP) is 3.79. The van der Waals surface area contributed by atoms with E-state index >= 15 is 0 Å². The van der Waals surface area contributed by atoms with Crippen molar-refractivity contribution >= 4 is 17.4 Å². The van der Waals surface area contributed by atoms with E-state index in [1.54, 1.807) is 6.07 Å². The van der Waals surface area contributed by atoms with Crippen LogP contribution in [0.25, 0.3) is 0 Å². The number of nitrogens with one attached hydrogen (secondary N) is 1. The van der Waals surface area contributed by atoms with Crippen LogP contribution >= 0.6 is 0 Å². The minimum Gasteiger partial charge on any atom is -0.384 e. The lowest BCUT2D eigenvalue weighted by molar-refractivity contribution is -0.121. The number of anilines is 1. The normalized spacial score (nSPS) is 24.8. The molecule has 3 N–H and O–H groups in total. The van der Waals surface area contributed by atoms with Crippen molar-refractivity contribution in [3.63, 3.8) is 0 Å². The molecule has 1 aromatic carbocycles. The van der Waals surface area contributed by atoms with E-state index in [-0.39, 0.29) is 17.2 Å². The third-order valence-electron chi connectivity index (χ3n) is 5.43. The van der Waals surface area contributed by atoms with Gasteiger partial charge in [0.1, 0.15) is 5.84 Å². The molecule has 1 aliphatic rings. The Morgan fingerprint density at radius 3 is 2.74 bits per heavy atom. The van der Waals surface area contributed by atoms with Gasteiger partial charge in [0.25, 0.3) is 5.91 Å².